The van der Waals surface area contributed by atoms with Crippen LogP contribution in [0.4, 0.5) is 0 Å². The van der Waals surface area contributed by atoms with Gasteiger partial charge >= 0.3 is 0 Å². The van der Waals surface area contributed by atoms with Crippen molar-refractivity contribution in [3.8, 4) is 11.5 Å². The SMILES string of the molecule is COc1ccc(CN=Cc2ccc(OC3CSC3)cc2)cc1. The van der Waals surface area contributed by atoms with E-state index in [1.807, 2.05) is 66.5 Å². The van der Waals surface area contributed by atoms with Crippen LogP contribution in [0.1, 0.15) is 11.1 Å². The first-order valence-electron chi connectivity index (χ1n) is 7.31. The van der Waals surface area contributed by atoms with Gasteiger partial charge in [-0.15, -0.1) is 0 Å². The summed E-state index contributed by atoms with van der Waals surface area (Å²) in [6, 6.07) is 16.1. The van der Waals surface area contributed by atoms with Crippen LogP contribution in [-0.4, -0.2) is 30.9 Å². The van der Waals surface area contributed by atoms with Crippen molar-refractivity contribution in [1.82, 2.24) is 0 Å². The summed E-state index contributed by atoms with van der Waals surface area (Å²) in [6.45, 7) is 0.668. The van der Waals surface area contributed by atoms with Gasteiger partial charge in [0.15, 0.2) is 0 Å². The van der Waals surface area contributed by atoms with Gasteiger partial charge in [0, 0.05) is 17.7 Å². The summed E-state index contributed by atoms with van der Waals surface area (Å²) in [5.41, 5.74) is 2.25. The third-order valence-corrected chi connectivity index (χ3v) is 4.68. The van der Waals surface area contributed by atoms with Crippen LogP contribution in [0.3, 0.4) is 0 Å². The molecule has 4 heteroatoms. The van der Waals surface area contributed by atoms with E-state index in [9.17, 15) is 0 Å². The Kier molecular flexibility index (Phi) is 5.01. The second kappa shape index (κ2) is 7.36. The number of benzene rings is 2. The smallest absolute Gasteiger partial charge is 0.119 e. The van der Waals surface area contributed by atoms with Crippen LogP contribution < -0.4 is 9.47 Å². The van der Waals surface area contributed by atoms with Crippen LogP contribution in [0.25, 0.3) is 0 Å². The summed E-state index contributed by atoms with van der Waals surface area (Å²) in [5, 5.41) is 0. The third kappa shape index (κ3) is 4.04. The van der Waals surface area contributed by atoms with E-state index >= 15 is 0 Å². The van der Waals surface area contributed by atoms with Crippen molar-refractivity contribution < 1.29 is 9.47 Å². The molecule has 0 radical (unpaired) electrons. The largest absolute Gasteiger partial charge is 0.497 e. The molecule has 0 spiro atoms. The van der Waals surface area contributed by atoms with Crippen molar-refractivity contribution in [2.24, 2.45) is 4.99 Å². The lowest BCUT2D eigenvalue weighted by molar-refractivity contribution is 0.240. The number of ether oxygens (including phenoxy) is 2. The summed E-state index contributed by atoms with van der Waals surface area (Å²) in [7, 11) is 1.67. The van der Waals surface area contributed by atoms with E-state index in [1.54, 1.807) is 7.11 Å². The quantitative estimate of drug-likeness (QED) is 0.760. The number of nitrogens with zero attached hydrogens (tertiary/aromatic N) is 1. The van der Waals surface area contributed by atoms with Gasteiger partial charge in [-0.2, -0.15) is 11.8 Å². The maximum Gasteiger partial charge on any atom is 0.119 e. The standard InChI is InChI=1S/C18H19NO2S/c1-20-16-6-2-14(3-7-16)10-19-11-15-4-8-17(9-5-15)21-18-12-22-13-18/h2-9,11,18H,10,12-13H2,1H3. The Balaban J connectivity index is 1.52. The van der Waals surface area contributed by atoms with Gasteiger partial charge in [0.1, 0.15) is 17.6 Å². The fourth-order valence-electron chi connectivity index (χ4n) is 2.09. The summed E-state index contributed by atoms with van der Waals surface area (Å²) >= 11 is 1.92. The van der Waals surface area contributed by atoms with Gasteiger partial charge in [0.05, 0.1) is 13.7 Å². The topological polar surface area (TPSA) is 30.8 Å². The van der Waals surface area contributed by atoms with Crippen molar-refractivity contribution in [3.63, 3.8) is 0 Å². The lowest BCUT2D eigenvalue weighted by Crippen LogP contribution is -2.30. The Morgan fingerprint density at radius 2 is 1.73 bits per heavy atom. The van der Waals surface area contributed by atoms with Gasteiger partial charge in [-0.1, -0.05) is 12.1 Å². The van der Waals surface area contributed by atoms with Gasteiger partial charge in [-0.05, 0) is 47.5 Å². The second-order valence-electron chi connectivity index (χ2n) is 5.16. The maximum atomic E-state index is 5.82. The zero-order chi connectivity index (χ0) is 15.2. The average Bonchev–Trinajstić information content (AvgIpc) is 2.53. The van der Waals surface area contributed by atoms with Crippen molar-refractivity contribution >= 4 is 18.0 Å². The molecule has 1 fully saturated rings. The number of thioether (sulfide) groups is 1. The Hall–Kier alpha value is -1.94. The molecule has 0 N–H and O–H groups in total. The predicted molar refractivity (Wildman–Crippen MR) is 92.5 cm³/mol. The maximum absolute atomic E-state index is 5.82. The minimum atomic E-state index is 0.389. The molecule has 3 nitrogen and oxygen atoms in total. The lowest BCUT2D eigenvalue weighted by atomic mass is 10.2. The zero-order valence-corrected chi connectivity index (χ0v) is 13.4. The zero-order valence-electron chi connectivity index (χ0n) is 12.6. The van der Waals surface area contributed by atoms with Crippen molar-refractivity contribution in [3.05, 3.63) is 59.7 Å². The minimum Gasteiger partial charge on any atom is -0.497 e. The Bertz CT molecular complexity index is 619. The molecule has 1 saturated heterocycles. The number of methoxy groups -OCH3 is 1. The molecule has 2 aromatic carbocycles. The molecule has 22 heavy (non-hydrogen) atoms. The van der Waals surface area contributed by atoms with Crippen LogP contribution >= 0.6 is 11.8 Å². The van der Waals surface area contributed by atoms with Gasteiger partial charge in [-0.3, -0.25) is 4.99 Å². The lowest BCUT2D eigenvalue weighted by Gasteiger charge is -2.25. The molecule has 0 bridgehead atoms. The molecule has 0 unspecified atom stereocenters. The normalized spacial score (nSPS) is 14.8. The first-order valence-corrected chi connectivity index (χ1v) is 8.46. The van der Waals surface area contributed by atoms with Gasteiger partial charge in [0.25, 0.3) is 0 Å². The molecule has 114 valence electrons. The number of aliphatic imine (C=N–C) groups is 1. The third-order valence-electron chi connectivity index (χ3n) is 3.46. The minimum absolute atomic E-state index is 0.389. The molecule has 2 aromatic rings. The molecule has 0 aliphatic carbocycles. The van der Waals surface area contributed by atoms with Crippen molar-refractivity contribution in [2.45, 2.75) is 12.6 Å². The molecule has 1 aliphatic heterocycles. The number of rotatable bonds is 6. The molecular weight excluding hydrogens is 294 g/mol. The van der Waals surface area contributed by atoms with Gasteiger partial charge in [0.2, 0.25) is 0 Å². The fraction of sp³-hybridized carbons (Fsp3) is 0.278. The Morgan fingerprint density at radius 3 is 2.32 bits per heavy atom. The van der Waals surface area contributed by atoms with Gasteiger partial charge in [-0.25, -0.2) is 0 Å². The second-order valence-corrected chi connectivity index (χ2v) is 6.24. The molecule has 3 rings (SSSR count). The summed E-state index contributed by atoms with van der Waals surface area (Å²) in [6.07, 6.45) is 2.28. The molecule has 0 amide bonds. The number of hydrogen-bond donors (Lipinski definition) is 0. The van der Waals surface area contributed by atoms with Crippen LogP contribution in [0.15, 0.2) is 53.5 Å². The highest BCUT2D eigenvalue weighted by Crippen LogP contribution is 2.23. The molecule has 0 atom stereocenters. The first-order chi connectivity index (χ1) is 10.8. The van der Waals surface area contributed by atoms with E-state index in [-0.39, 0.29) is 0 Å². The highest BCUT2D eigenvalue weighted by atomic mass is 32.2. The van der Waals surface area contributed by atoms with E-state index in [4.69, 9.17) is 9.47 Å². The van der Waals surface area contributed by atoms with Crippen LogP contribution in [0.5, 0.6) is 11.5 Å². The van der Waals surface area contributed by atoms with E-state index in [1.165, 1.54) is 5.56 Å². The van der Waals surface area contributed by atoms with Gasteiger partial charge < -0.3 is 9.47 Å². The molecule has 1 heterocycles. The summed E-state index contributed by atoms with van der Waals surface area (Å²) < 4.78 is 11.0. The Morgan fingerprint density at radius 1 is 1.05 bits per heavy atom. The first kappa shape index (κ1) is 15.0. The van der Waals surface area contributed by atoms with E-state index in [2.05, 4.69) is 4.99 Å². The van der Waals surface area contributed by atoms with Crippen LogP contribution in [-0.2, 0) is 6.54 Å². The molecule has 0 aromatic heterocycles. The summed E-state index contributed by atoms with van der Waals surface area (Å²) in [4.78, 5) is 4.48. The Labute approximate surface area is 135 Å². The van der Waals surface area contributed by atoms with Crippen molar-refractivity contribution in [2.75, 3.05) is 18.6 Å². The van der Waals surface area contributed by atoms with E-state index < -0.39 is 0 Å². The highest BCUT2D eigenvalue weighted by molar-refractivity contribution is 8.00. The van der Waals surface area contributed by atoms with Crippen molar-refractivity contribution in [1.29, 1.82) is 0 Å². The molecule has 1 aliphatic rings. The van der Waals surface area contributed by atoms with E-state index in [0.29, 0.717) is 12.6 Å². The van der Waals surface area contributed by atoms with Crippen LogP contribution in [0.2, 0.25) is 0 Å². The predicted octanol–water partition coefficient (Wildman–Crippen LogP) is 3.81. The fourth-order valence-corrected chi connectivity index (χ4v) is 2.66. The highest BCUT2D eigenvalue weighted by Gasteiger charge is 2.19. The average molecular weight is 313 g/mol. The molecule has 0 saturated carbocycles. The number of hydrogen-bond acceptors (Lipinski definition) is 4. The summed E-state index contributed by atoms with van der Waals surface area (Å²) in [5.74, 6) is 4.02. The monoisotopic (exact) mass is 313 g/mol. The molecular formula is C18H19NO2S. The van der Waals surface area contributed by atoms with E-state index in [0.717, 1.165) is 28.6 Å². The van der Waals surface area contributed by atoms with Crippen LogP contribution in [0, 0.1) is 0 Å².